The van der Waals surface area contributed by atoms with Gasteiger partial charge in [-0.15, -0.1) is 5.10 Å². The monoisotopic (exact) mass is 259 g/mol. The summed E-state index contributed by atoms with van der Waals surface area (Å²) >= 11 is 0. The number of nitrogens with one attached hydrogen (secondary N) is 1. The molecule has 0 bridgehead atoms. The molecule has 5 heteroatoms. The summed E-state index contributed by atoms with van der Waals surface area (Å²) in [5.41, 5.74) is 3.37. The second-order valence-corrected chi connectivity index (χ2v) is 4.86. The Bertz CT molecular complexity index is 518. The predicted molar refractivity (Wildman–Crippen MR) is 76.9 cm³/mol. The molecule has 1 aromatic carbocycles. The molecule has 0 saturated carbocycles. The quantitative estimate of drug-likeness (QED) is 0.861. The topological polar surface area (TPSA) is 46.0 Å². The van der Waals surface area contributed by atoms with Gasteiger partial charge in [0.2, 0.25) is 0 Å². The molecule has 0 spiro atoms. The van der Waals surface area contributed by atoms with Gasteiger partial charge >= 0.3 is 0 Å². The van der Waals surface area contributed by atoms with Crippen LogP contribution in [0.15, 0.2) is 30.5 Å². The first kappa shape index (κ1) is 13.5. The van der Waals surface area contributed by atoms with Crippen LogP contribution in [0.4, 0.5) is 5.69 Å². The fourth-order valence-corrected chi connectivity index (χ4v) is 1.91. The second kappa shape index (κ2) is 6.33. The molecule has 0 amide bonds. The summed E-state index contributed by atoms with van der Waals surface area (Å²) in [7, 11) is 4.15. The Morgan fingerprint density at radius 3 is 2.84 bits per heavy atom. The van der Waals surface area contributed by atoms with Crippen molar-refractivity contribution in [1.29, 1.82) is 0 Å². The normalized spacial score (nSPS) is 10.9. The van der Waals surface area contributed by atoms with Crippen molar-refractivity contribution in [2.24, 2.45) is 0 Å². The lowest BCUT2D eigenvalue weighted by Gasteiger charge is -2.11. The Kier molecular flexibility index (Phi) is 4.52. The third-order valence-corrected chi connectivity index (χ3v) is 2.81. The molecule has 102 valence electrons. The number of anilines is 1. The van der Waals surface area contributed by atoms with Gasteiger partial charge in [-0.05, 0) is 38.7 Å². The first-order valence-corrected chi connectivity index (χ1v) is 6.54. The molecule has 0 aliphatic heterocycles. The molecular weight excluding hydrogens is 238 g/mol. The van der Waals surface area contributed by atoms with Gasteiger partial charge in [0, 0.05) is 18.8 Å². The highest BCUT2D eigenvalue weighted by atomic mass is 15.4. The maximum absolute atomic E-state index is 4.12. The molecule has 0 atom stereocenters. The first-order valence-electron chi connectivity index (χ1n) is 6.54. The molecule has 0 aliphatic carbocycles. The number of benzene rings is 1. The van der Waals surface area contributed by atoms with Crippen LogP contribution in [-0.4, -0.2) is 34.0 Å². The van der Waals surface area contributed by atoms with E-state index in [1.165, 1.54) is 5.56 Å². The van der Waals surface area contributed by atoms with Gasteiger partial charge in [0.05, 0.1) is 12.7 Å². The molecular formula is C14H21N5. The van der Waals surface area contributed by atoms with E-state index in [4.69, 9.17) is 0 Å². The fraction of sp³-hybridized carbons (Fsp3) is 0.429. The first-order chi connectivity index (χ1) is 9.17. The van der Waals surface area contributed by atoms with Crippen LogP contribution < -0.4 is 5.32 Å². The average Bonchev–Trinajstić information content (AvgIpc) is 2.84. The number of hydrogen-bond acceptors (Lipinski definition) is 4. The molecule has 5 nitrogen and oxygen atoms in total. The summed E-state index contributed by atoms with van der Waals surface area (Å²) < 4.78 is 1.83. The Morgan fingerprint density at radius 1 is 1.32 bits per heavy atom. The summed E-state index contributed by atoms with van der Waals surface area (Å²) in [5.74, 6) is 0. The van der Waals surface area contributed by atoms with Crippen LogP contribution in [0.1, 0.15) is 18.2 Å². The molecule has 0 fully saturated rings. The van der Waals surface area contributed by atoms with Crippen LogP contribution >= 0.6 is 0 Å². The van der Waals surface area contributed by atoms with Gasteiger partial charge in [0.15, 0.2) is 0 Å². The summed E-state index contributed by atoms with van der Waals surface area (Å²) in [5, 5.41) is 11.5. The standard InChI is InChI=1S/C14H21N5/c1-4-19-11-14(16-17-19)9-15-13-7-5-6-12(8-13)10-18(2)3/h5-8,11,15H,4,9-10H2,1-3H3. The van der Waals surface area contributed by atoms with Crippen molar-refractivity contribution in [2.75, 3.05) is 19.4 Å². The van der Waals surface area contributed by atoms with E-state index in [0.717, 1.165) is 24.5 Å². The van der Waals surface area contributed by atoms with Crippen molar-refractivity contribution >= 4 is 5.69 Å². The molecule has 2 aromatic rings. The Morgan fingerprint density at radius 2 is 2.16 bits per heavy atom. The maximum atomic E-state index is 4.12. The Balaban J connectivity index is 1.95. The lowest BCUT2D eigenvalue weighted by atomic mass is 10.2. The van der Waals surface area contributed by atoms with E-state index >= 15 is 0 Å². The smallest absolute Gasteiger partial charge is 0.102 e. The summed E-state index contributed by atoms with van der Waals surface area (Å²) in [6.45, 7) is 4.55. The van der Waals surface area contributed by atoms with Gasteiger partial charge in [0.1, 0.15) is 5.69 Å². The minimum Gasteiger partial charge on any atom is -0.379 e. The highest BCUT2D eigenvalue weighted by molar-refractivity contribution is 5.45. The molecule has 0 saturated heterocycles. The lowest BCUT2D eigenvalue weighted by Crippen LogP contribution is -2.10. The van der Waals surface area contributed by atoms with Crippen molar-refractivity contribution in [2.45, 2.75) is 26.6 Å². The van der Waals surface area contributed by atoms with E-state index in [-0.39, 0.29) is 0 Å². The molecule has 2 rings (SSSR count). The third kappa shape index (κ3) is 4.06. The Labute approximate surface area is 114 Å². The Hall–Kier alpha value is -1.88. The van der Waals surface area contributed by atoms with Crippen LogP contribution in [0.2, 0.25) is 0 Å². The van der Waals surface area contributed by atoms with Crippen LogP contribution in [0.25, 0.3) is 0 Å². The maximum Gasteiger partial charge on any atom is 0.102 e. The summed E-state index contributed by atoms with van der Waals surface area (Å²) in [4.78, 5) is 2.16. The highest BCUT2D eigenvalue weighted by Gasteiger charge is 2.01. The molecule has 0 aliphatic rings. The van der Waals surface area contributed by atoms with E-state index in [2.05, 4.69) is 65.8 Å². The van der Waals surface area contributed by atoms with Gasteiger partial charge < -0.3 is 10.2 Å². The minimum absolute atomic E-state index is 0.700. The van der Waals surface area contributed by atoms with Crippen LogP contribution in [0, 0.1) is 0 Å². The lowest BCUT2D eigenvalue weighted by molar-refractivity contribution is 0.402. The second-order valence-electron chi connectivity index (χ2n) is 4.86. The summed E-state index contributed by atoms with van der Waals surface area (Å²) in [6, 6.07) is 8.45. The minimum atomic E-state index is 0.700. The van der Waals surface area contributed by atoms with Crippen LogP contribution in [0.5, 0.6) is 0 Å². The van der Waals surface area contributed by atoms with Gasteiger partial charge in [0.25, 0.3) is 0 Å². The molecule has 0 radical (unpaired) electrons. The van der Waals surface area contributed by atoms with Crippen molar-refractivity contribution in [3.63, 3.8) is 0 Å². The number of hydrogen-bond donors (Lipinski definition) is 1. The SMILES string of the molecule is CCn1cc(CNc2cccc(CN(C)C)c2)nn1. The molecule has 1 heterocycles. The van der Waals surface area contributed by atoms with Crippen molar-refractivity contribution in [3.05, 3.63) is 41.7 Å². The van der Waals surface area contributed by atoms with E-state index in [1.54, 1.807) is 0 Å². The molecule has 1 aromatic heterocycles. The van der Waals surface area contributed by atoms with Crippen LogP contribution in [-0.2, 0) is 19.6 Å². The third-order valence-electron chi connectivity index (χ3n) is 2.81. The zero-order chi connectivity index (χ0) is 13.7. The van der Waals surface area contributed by atoms with Crippen LogP contribution in [0.3, 0.4) is 0 Å². The zero-order valence-corrected chi connectivity index (χ0v) is 11.8. The number of aryl methyl sites for hydroxylation is 1. The largest absolute Gasteiger partial charge is 0.379 e. The van der Waals surface area contributed by atoms with E-state index in [9.17, 15) is 0 Å². The van der Waals surface area contributed by atoms with E-state index < -0.39 is 0 Å². The van der Waals surface area contributed by atoms with Crippen molar-refractivity contribution in [1.82, 2.24) is 19.9 Å². The summed E-state index contributed by atoms with van der Waals surface area (Å²) in [6.07, 6.45) is 1.97. The molecule has 1 N–H and O–H groups in total. The number of aromatic nitrogens is 3. The van der Waals surface area contributed by atoms with Gasteiger partial charge in [-0.2, -0.15) is 0 Å². The molecule has 19 heavy (non-hydrogen) atoms. The number of rotatable bonds is 6. The average molecular weight is 259 g/mol. The highest BCUT2D eigenvalue weighted by Crippen LogP contribution is 2.12. The zero-order valence-electron chi connectivity index (χ0n) is 11.8. The van der Waals surface area contributed by atoms with Crippen molar-refractivity contribution in [3.8, 4) is 0 Å². The number of nitrogens with zero attached hydrogens (tertiary/aromatic N) is 4. The fourth-order valence-electron chi connectivity index (χ4n) is 1.91. The van der Waals surface area contributed by atoms with Gasteiger partial charge in [-0.3, -0.25) is 4.68 Å². The van der Waals surface area contributed by atoms with Gasteiger partial charge in [-0.1, -0.05) is 17.3 Å². The molecule has 0 unspecified atom stereocenters. The van der Waals surface area contributed by atoms with Crippen molar-refractivity contribution < 1.29 is 0 Å². The van der Waals surface area contributed by atoms with E-state index in [0.29, 0.717) is 6.54 Å². The predicted octanol–water partition coefficient (Wildman–Crippen LogP) is 1.97. The van der Waals surface area contributed by atoms with Gasteiger partial charge in [-0.25, -0.2) is 0 Å². The van der Waals surface area contributed by atoms with E-state index in [1.807, 2.05) is 10.9 Å².